The Morgan fingerprint density at radius 1 is 1.35 bits per heavy atom. The number of nitrogens with zero attached hydrogens (tertiary/aromatic N) is 1. The zero-order valence-corrected chi connectivity index (χ0v) is 13.0. The third-order valence-corrected chi connectivity index (χ3v) is 4.36. The zero-order valence-electron chi connectivity index (χ0n) is 11.4. The molecule has 0 aromatic heterocycles. The van der Waals surface area contributed by atoms with Crippen molar-refractivity contribution in [2.24, 2.45) is 0 Å². The van der Waals surface area contributed by atoms with Gasteiger partial charge in [0.2, 0.25) is 5.91 Å². The van der Waals surface area contributed by atoms with Crippen LogP contribution in [-0.2, 0) is 4.79 Å². The number of nitrogens with one attached hydrogen (secondary N) is 2. The number of benzene rings is 1. The van der Waals surface area contributed by atoms with Gasteiger partial charge in [0.05, 0.1) is 12.1 Å². The van der Waals surface area contributed by atoms with Crippen molar-refractivity contribution in [1.29, 1.82) is 0 Å². The summed E-state index contributed by atoms with van der Waals surface area (Å²) in [6, 6.07) is 5.49. The number of hydrogen-bond acceptors (Lipinski definition) is 3. The molecule has 20 heavy (non-hydrogen) atoms. The fourth-order valence-electron chi connectivity index (χ4n) is 2.10. The first-order chi connectivity index (χ1) is 9.59. The number of aryl methyl sites for hydroxylation is 1. The number of halogens is 1. The molecule has 0 spiro atoms. The van der Waals surface area contributed by atoms with Gasteiger partial charge < -0.3 is 15.5 Å². The number of hydrogen-bond donors (Lipinski definition) is 2. The predicted molar refractivity (Wildman–Crippen MR) is 80.7 cm³/mol. The van der Waals surface area contributed by atoms with Crippen LogP contribution in [0, 0.1) is 6.92 Å². The number of amides is 2. The van der Waals surface area contributed by atoms with Crippen molar-refractivity contribution in [1.82, 2.24) is 15.5 Å². The Labute approximate surface area is 126 Å². The van der Waals surface area contributed by atoms with Crippen molar-refractivity contribution in [2.45, 2.75) is 6.92 Å². The van der Waals surface area contributed by atoms with Crippen molar-refractivity contribution >= 4 is 27.7 Å². The lowest BCUT2D eigenvalue weighted by Crippen LogP contribution is -2.49. The second-order valence-corrected chi connectivity index (χ2v) is 5.54. The van der Waals surface area contributed by atoms with Gasteiger partial charge in [-0.05, 0) is 34.5 Å². The Kier molecular flexibility index (Phi) is 5.14. The first-order valence-corrected chi connectivity index (χ1v) is 7.40. The number of carbonyl (C=O) groups is 2. The lowest BCUT2D eigenvalue weighted by Gasteiger charge is -2.27. The van der Waals surface area contributed by atoms with Crippen LogP contribution < -0.4 is 10.6 Å². The Morgan fingerprint density at radius 3 is 2.75 bits per heavy atom. The molecule has 0 atom stereocenters. The van der Waals surface area contributed by atoms with Crippen LogP contribution in [0.25, 0.3) is 0 Å². The van der Waals surface area contributed by atoms with E-state index >= 15 is 0 Å². The largest absolute Gasteiger partial charge is 0.343 e. The van der Waals surface area contributed by atoms with Crippen LogP contribution >= 0.6 is 15.9 Å². The molecule has 2 rings (SSSR count). The van der Waals surface area contributed by atoms with Crippen LogP contribution in [-0.4, -0.2) is 49.4 Å². The first-order valence-electron chi connectivity index (χ1n) is 6.61. The number of carbonyl (C=O) groups excluding carboxylic acids is 2. The molecule has 1 fully saturated rings. The first kappa shape index (κ1) is 15.0. The maximum absolute atomic E-state index is 12.1. The Balaban J connectivity index is 1.91. The molecule has 2 amide bonds. The lowest BCUT2D eigenvalue weighted by atomic mass is 10.1. The fraction of sp³-hybridized carbons (Fsp3) is 0.429. The summed E-state index contributed by atoms with van der Waals surface area (Å²) in [6.45, 7) is 4.98. The normalized spacial score (nSPS) is 15.0. The minimum atomic E-state index is -0.232. The van der Waals surface area contributed by atoms with Gasteiger partial charge >= 0.3 is 0 Å². The van der Waals surface area contributed by atoms with Gasteiger partial charge in [0.1, 0.15) is 0 Å². The van der Waals surface area contributed by atoms with Crippen molar-refractivity contribution in [3.05, 3.63) is 33.8 Å². The highest BCUT2D eigenvalue weighted by atomic mass is 79.9. The fourth-order valence-corrected chi connectivity index (χ4v) is 2.54. The van der Waals surface area contributed by atoms with Crippen LogP contribution in [0.1, 0.15) is 15.9 Å². The molecule has 0 bridgehead atoms. The third kappa shape index (κ3) is 3.58. The maximum Gasteiger partial charge on any atom is 0.252 e. The highest BCUT2D eigenvalue weighted by molar-refractivity contribution is 9.10. The maximum atomic E-state index is 12.1. The van der Waals surface area contributed by atoms with Gasteiger partial charge in [-0.15, -0.1) is 0 Å². The molecule has 0 unspecified atom stereocenters. The zero-order chi connectivity index (χ0) is 14.5. The summed E-state index contributed by atoms with van der Waals surface area (Å²) in [5.41, 5.74) is 1.55. The molecule has 1 heterocycles. The predicted octanol–water partition coefficient (Wildman–Crippen LogP) is 0.919. The summed E-state index contributed by atoms with van der Waals surface area (Å²) < 4.78 is 0.770. The standard InChI is InChI=1S/C14H18BrN3O2/c1-10-3-2-4-11(13(10)15)14(20)17-9-12(19)18-7-5-16-6-8-18/h2-4,16H,5-9H2,1H3,(H,17,20). The van der Waals surface area contributed by atoms with Gasteiger partial charge in [-0.3, -0.25) is 9.59 Å². The quantitative estimate of drug-likeness (QED) is 0.860. The second-order valence-electron chi connectivity index (χ2n) is 4.75. The molecule has 1 aliphatic rings. The molecule has 1 aromatic carbocycles. The van der Waals surface area contributed by atoms with E-state index in [2.05, 4.69) is 26.6 Å². The molecule has 5 nitrogen and oxygen atoms in total. The van der Waals surface area contributed by atoms with Gasteiger partial charge in [-0.2, -0.15) is 0 Å². The van der Waals surface area contributed by atoms with Crippen LogP contribution in [0.5, 0.6) is 0 Å². The van der Waals surface area contributed by atoms with E-state index in [1.54, 1.807) is 11.0 Å². The monoisotopic (exact) mass is 339 g/mol. The van der Waals surface area contributed by atoms with Crippen molar-refractivity contribution in [2.75, 3.05) is 32.7 Å². The Hall–Kier alpha value is -1.40. The molecule has 1 aliphatic heterocycles. The van der Waals surface area contributed by atoms with E-state index in [9.17, 15) is 9.59 Å². The molecule has 1 aromatic rings. The lowest BCUT2D eigenvalue weighted by molar-refractivity contribution is -0.130. The van der Waals surface area contributed by atoms with Crippen LogP contribution in [0.2, 0.25) is 0 Å². The summed E-state index contributed by atoms with van der Waals surface area (Å²) in [6.07, 6.45) is 0. The Morgan fingerprint density at radius 2 is 2.05 bits per heavy atom. The minimum absolute atomic E-state index is 0.0383. The average molecular weight is 340 g/mol. The van der Waals surface area contributed by atoms with E-state index in [1.165, 1.54) is 0 Å². The molecule has 0 saturated carbocycles. The molecular weight excluding hydrogens is 322 g/mol. The van der Waals surface area contributed by atoms with Crippen molar-refractivity contribution < 1.29 is 9.59 Å². The molecule has 0 radical (unpaired) electrons. The van der Waals surface area contributed by atoms with Gasteiger partial charge in [0.15, 0.2) is 0 Å². The summed E-state index contributed by atoms with van der Waals surface area (Å²) in [5.74, 6) is -0.271. The highest BCUT2D eigenvalue weighted by Gasteiger charge is 2.18. The van der Waals surface area contributed by atoms with Gasteiger partial charge in [-0.1, -0.05) is 12.1 Å². The van der Waals surface area contributed by atoms with Gasteiger partial charge in [0.25, 0.3) is 5.91 Å². The summed E-state index contributed by atoms with van der Waals surface area (Å²) in [4.78, 5) is 25.8. The number of rotatable bonds is 3. The van der Waals surface area contributed by atoms with E-state index in [4.69, 9.17) is 0 Å². The van der Waals surface area contributed by atoms with Crippen LogP contribution in [0.3, 0.4) is 0 Å². The molecule has 1 saturated heterocycles. The molecule has 0 aliphatic carbocycles. The van der Waals surface area contributed by atoms with E-state index in [0.717, 1.165) is 23.1 Å². The SMILES string of the molecule is Cc1cccc(C(=O)NCC(=O)N2CCNCC2)c1Br. The molecular formula is C14H18BrN3O2. The van der Waals surface area contributed by atoms with Crippen LogP contribution in [0.4, 0.5) is 0 Å². The summed E-state index contributed by atoms with van der Waals surface area (Å²) >= 11 is 3.40. The highest BCUT2D eigenvalue weighted by Crippen LogP contribution is 2.20. The summed E-state index contributed by atoms with van der Waals surface area (Å²) in [7, 11) is 0. The number of piperazine rings is 1. The smallest absolute Gasteiger partial charge is 0.252 e. The van der Waals surface area contributed by atoms with Gasteiger partial charge in [0, 0.05) is 30.7 Å². The van der Waals surface area contributed by atoms with E-state index in [0.29, 0.717) is 18.7 Å². The van der Waals surface area contributed by atoms with Crippen molar-refractivity contribution in [3.63, 3.8) is 0 Å². The van der Waals surface area contributed by atoms with Gasteiger partial charge in [-0.25, -0.2) is 0 Å². The molecule has 108 valence electrons. The summed E-state index contributed by atoms with van der Waals surface area (Å²) in [5, 5.41) is 5.87. The Bertz CT molecular complexity index is 513. The average Bonchev–Trinajstić information content (AvgIpc) is 2.48. The second kappa shape index (κ2) is 6.85. The van der Waals surface area contributed by atoms with E-state index in [1.807, 2.05) is 19.1 Å². The molecule has 6 heteroatoms. The van der Waals surface area contributed by atoms with E-state index < -0.39 is 0 Å². The minimum Gasteiger partial charge on any atom is -0.343 e. The third-order valence-electron chi connectivity index (χ3n) is 3.31. The van der Waals surface area contributed by atoms with Crippen molar-refractivity contribution in [3.8, 4) is 0 Å². The molecule has 2 N–H and O–H groups in total. The van der Waals surface area contributed by atoms with E-state index in [-0.39, 0.29) is 18.4 Å². The topological polar surface area (TPSA) is 61.4 Å². The van der Waals surface area contributed by atoms with Crippen LogP contribution in [0.15, 0.2) is 22.7 Å².